The Hall–Kier alpha value is -0.870. The topological polar surface area (TPSA) is 41.3 Å². The number of aliphatic hydroxyl groups excluding tert-OH is 1. The second-order valence-electron chi connectivity index (χ2n) is 6.66. The Morgan fingerprint density at radius 3 is 2.90 bits per heavy atom. The molecule has 20 heavy (non-hydrogen) atoms. The number of hydrogen-bond donors (Lipinski definition) is 1. The largest absolute Gasteiger partial charge is 0.390 e. The number of aromatic nitrogens is 2. The first kappa shape index (κ1) is 14.1. The van der Waals surface area contributed by atoms with Gasteiger partial charge in [-0.2, -0.15) is 5.10 Å². The highest BCUT2D eigenvalue weighted by Gasteiger charge is 2.37. The monoisotopic (exact) mass is 277 g/mol. The van der Waals surface area contributed by atoms with Gasteiger partial charge in [0, 0.05) is 25.0 Å². The third-order valence-electron chi connectivity index (χ3n) is 5.26. The van der Waals surface area contributed by atoms with Crippen LogP contribution in [0.4, 0.5) is 0 Å². The lowest BCUT2D eigenvalue weighted by atomic mass is 9.72. The number of nitrogens with zero attached hydrogens (tertiary/aromatic N) is 3. The minimum atomic E-state index is -0.314. The molecule has 1 aliphatic carbocycles. The second kappa shape index (κ2) is 6.27. The highest BCUT2D eigenvalue weighted by molar-refractivity contribution is 4.91. The van der Waals surface area contributed by atoms with Gasteiger partial charge in [-0.25, -0.2) is 0 Å². The number of aliphatic hydroxyl groups is 1. The van der Waals surface area contributed by atoms with E-state index >= 15 is 0 Å². The molecule has 4 nitrogen and oxygen atoms in total. The predicted molar refractivity (Wildman–Crippen MR) is 79.3 cm³/mol. The third-order valence-corrected chi connectivity index (χ3v) is 5.26. The Labute approximate surface area is 121 Å². The molecule has 0 radical (unpaired) electrons. The molecule has 2 heterocycles. The summed E-state index contributed by atoms with van der Waals surface area (Å²) in [4.78, 5) is 2.55. The van der Waals surface area contributed by atoms with Crippen LogP contribution in [0, 0.1) is 11.8 Å². The standard InChI is InChI=1S/C16H27N3O/c1-13-7-10-18(16-6-3-2-5-15(13)16)11-14(20)12-19-9-4-8-17-19/h4,8-9,13-16,20H,2-3,5-7,10-12H2,1H3/t13-,14+,15-,16+/m1/s1. The molecule has 0 bridgehead atoms. The first-order valence-corrected chi connectivity index (χ1v) is 8.13. The molecule has 0 amide bonds. The van der Waals surface area contributed by atoms with E-state index in [1.54, 1.807) is 6.20 Å². The highest BCUT2D eigenvalue weighted by atomic mass is 16.3. The Morgan fingerprint density at radius 2 is 2.10 bits per heavy atom. The quantitative estimate of drug-likeness (QED) is 0.917. The van der Waals surface area contributed by atoms with E-state index < -0.39 is 0 Å². The maximum absolute atomic E-state index is 10.3. The van der Waals surface area contributed by atoms with E-state index in [-0.39, 0.29) is 6.10 Å². The lowest BCUT2D eigenvalue weighted by Crippen LogP contribution is -2.52. The fraction of sp³-hybridized carbons (Fsp3) is 0.812. The molecular weight excluding hydrogens is 250 g/mol. The SMILES string of the molecule is C[C@@H]1CCN(C[C@H](O)Cn2cccn2)[C@H]2CCCC[C@H]12. The van der Waals surface area contributed by atoms with Crippen LogP contribution in [-0.4, -0.2) is 45.0 Å². The molecule has 4 heteroatoms. The summed E-state index contributed by atoms with van der Waals surface area (Å²) < 4.78 is 1.83. The van der Waals surface area contributed by atoms with Crippen molar-refractivity contribution in [2.75, 3.05) is 13.1 Å². The van der Waals surface area contributed by atoms with Crippen LogP contribution in [0.1, 0.15) is 39.0 Å². The molecule has 4 atom stereocenters. The van der Waals surface area contributed by atoms with Crippen molar-refractivity contribution in [3.63, 3.8) is 0 Å². The van der Waals surface area contributed by atoms with Crippen molar-refractivity contribution in [2.45, 2.75) is 57.7 Å². The van der Waals surface area contributed by atoms with E-state index in [1.165, 1.54) is 32.1 Å². The predicted octanol–water partition coefficient (Wildman–Crippen LogP) is 2.14. The summed E-state index contributed by atoms with van der Waals surface area (Å²) in [6.45, 7) is 4.98. The van der Waals surface area contributed by atoms with Gasteiger partial charge < -0.3 is 5.11 Å². The fourth-order valence-electron chi connectivity index (χ4n) is 4.19. The summed E-state index contributed by atoms with van der Waals surface area (Å²) in [7, 11) is 0. The molecule has 112 valence electrons. The molecule has 0 unspecified atom stereocenters. The average molecular weight is 277 g/mol. The van der Waals surface area contributed by atoms with Gasteiger partial charge in [-0.15, -0.1) is 0 Å². The van der Waals surface area contributed by atoms with Gasteiger partial charge >= 0.3 is 0 Å². The Kier molecular flexibility index (Phi) is 4.41. The summed E-state index contributed by atoms with van der Waals surface area (Å²) in [6, 6.07) is 2.62. The lowest BCUT2D eigenvalue weighted by molar-refractivity contribution is -0.00726. The van der Waals surface area contributed by atoms with Crippen molar-refractivity contribution in [1.29, 1.82) is 0 Å². The van der Waals surface area contributed by atoms with Gasteiger partial charge in [0.25, 0.3) is 0 Å². The van der Waals surface area contributed by atoms with Gasteiger partial charge in [0.15, 0.2) is 0 Å². The van der Waals surface area contributed by atoms with Gasteiger partial charge in [-0.05, 0) is 43.7 Å². The van der Waals surface area contributed by atoms with Gasteiger partial charge in [0.1, 0.15) is 0 Å². The van der Waals surface area contributed by atoms with Crippen LogP contribution in [0.3, 0.4) is 0 Å². The third kappa shape index (κ3) is 3.07. The summed E-state index contributed by atoms with van der Waals surface area (Å²) in [5, 5.41) is 14.5. The van der Waals surface area contributed by atoms with Gasteiger partial charge in [0.2, 0.25) is 0 Å². The van der Waals surface area contributed by atoms with Crippen molar-refractivity contribution >= 4 is 0 Å². The minimum absolute atomic E-state index is 0.314. The molecule has 0 aromatic carbocycles. The maximum atomic E-state index is 10.3. The zero-order valence-corrected chi connectivity index (χ0v) is 12.5. The van der Waals surface area contributed by atoms with Crippen LogP contribution in [0.2, 0.25) is 0 Å². The number of hydrogen-bond acceptors (Lipinski definition) is 3. The van der Waals surface area contributed by atoms with Gasteiger partial charge in [-0.3, -0.25) is 9.58 Å². The Balaban J connectivity index is 1.58. The van der Waals surface area contributed by atoms with Gasteiger partial charge in [-0.1, -0.05) is 19.8 Å². The zero-order chi connectivity index (χ0) is 13.9. The molecule has 1 N–H and O–H groups in total. The van der Waals surface area contributed by atoms with E-state index in [1.807, 2.05) is 16.9 Å². The summed E-state index contributed by atoms with van der Waals surface area (Å²) in [5.74, 6) is 1.72. The normalized spacial score (nSPS) is 32.8. The van der Waals surface area contributed by atoms with Crippen LogP contribution in [0.25, 0.3) is 0 Å². The minimum Gasteiger partial charge on any atom is -0.390 e. The maximum Gasteiger partial charge on any atom is 0.0862 e. The van der Waals surface area contributed by atoms with E-state index in [0.717, 1.165) is 24.9 Å². The van der Waals surface area contributed by atoms with Crippen molar-refractivity contribution in [3.8, 4) is 0 Å². The number of likely N-dealkylation sites (tertiary alicyclic amines) is 1. The molecule has 2 fully saturated rings. The van der Waals surface area contributed by atoms with Crippen LogP contribution in [0.15, 0.2) is 18.5 Å². The second-order valence-corrected chi connectivity index (χ2v) is 6.66. The average Bonchev–Trinajstić information content (AvgIpc) is 2.95. The van der Waals surface area contributed by atoms with E-state index in [0.29, 0.717) is 12.6 Å². The fourth-order valence-corrected chi connectivity index (χ4v) is 4.19. The molecular formula is C16H27N3O. The van der Waals surface area contributed by atoms with Crippen molar-refractivity contribution in [1.82, 2.24) is 14.7 Å². The zero-order valence-electron chi connectivity index (χ0n) is 12.5. The summed E-state index contributed by atoms with van der Waals surface area (Å²) in [6.07, 6.45) is 10.1. The van der Waals surface area contributed by atoms with Crippen LogP contribution < -0.4 is 0 Å². The van der Waals surface area contributed by atoms with Crippen molar-refractivity contribution in [2.24, 2.45) is 11.8 Å². The summed E-state index contributed by atoms with van der Waals surface area (Å²) in [5.41, 5.74) is 0. The Morgan fingerprint density at radius 1 is 1.25 bits per heavy atom. The van der Waals surface area contributed by atoms with Crippen LogP contribution in [0.5, 0.6) is 0 Å². The molecule has 3 rings (SSSR count). The molecule has 1 saturated heterocycles. The first-order valence-electron chi connectivity index (χ1n) is 8.13. The highest BCUT2D eigenvalue weighted by Crippen LogP contribution is 2.38. The molecule has 1 saturated carbocycles. The molecule has 0 spiro atoms. The molecule has 1 aliphatic heterocycles. The first-order chi connectivity index (χ1) is 9.74. The number of fused-ring (bicyclic) bond motifs is 1. The summed E-state index contributed by atoms with van der Waals surface area (Å²) >= 11 is 0. The van der Waals surface area contributed by atoms with E-state index in [4.69, 9.17) is 0 Å². The number of rotatable bonds is 4. The number of piperidine rings is 1. The van der Waals surface area contributed by atoms with Crippen LogP contribution >= 0.6 is 0 Å². The molecule has 1 aromatic rings. The Bertz CT molecular complexity index is 406. The van der Waals surface area contributed by atoms with E-state index in [9.17, 15) is 5.11 Å². The van der Waals surface area contributed by atoms with E-state index in [2.05, 4.69) is 16.9 Å². The molecule has 1 aromatic heterocycles. The van der Waals surface area contributed by atoms with Crippen molar-refractivity contribution < 1.29 is 5.11 Å². The van der Waals surface area contributed by atoms with Crippen molar-refractivity contribution in [3.05, 3.63) is 18.5 Å². The lowest BCUT2D eigenvalue weighted by Gasteiger charge is -2.47. The number of β-amino-alcohol motifs (C(OH)–C–C–N with tert-alkyl or cyclic N) is 1. The smallest absolute Gasteiger partial charge is 0.0862 e. The van der Waals surface area contributed by atoms with Gasteiger partial charge in [0.05, 0.1) is 12.6 Å². The molecule has 2 aliphatic rings. The van der Waals surface area contributed by atoms with Crippen LogP contribution in [-0.2, 0) is 6.54 Å².